The molecule has 6 nitrogen and oxygen atoms in total. The number of hydrogen-bond donors (Lipinski definition) is 1. The summed E-state index contributed by atoms with van der Waals surface area (Å²) in [6.45, 7) is 1.86. The van der Waals surface area contributed by atoms with Gasteiger partial charge in [-0.15, -0.1) is 0 Å². The summed E-state index contributed by atoms with van der Waals surface area (Å²) in [5.74, 6) is -0.960. The first kappa shape index (κ1) is 18.9. The third-order valence-electron chi connectivity index (χ3n) is 4.63. The van der Waals surface area contributed by atoms with Gasteiger partial charge in [0.1, 0.15) is 17.1 Å². The van der Waals surface area contributed by atoms with Gasteiger partial charge in [0, 0.05) is 24.6 Å². The molecule has 1 aliphatic rings. The number of morpholine rings is 1. The molecular formula is C22H19FN2O4. The highest BCUT2D eigenvalue weighted by molar-refractivity contribution is 6.13. The number of nitrogens with zero attached hydrogens (tertiary/aromatic N) is 1. The summed E-state index contributed by atoms with van der Waals surface area (Å²) >= 11 is 0. The standard InChI is InChI=1S/C22H19FN2O4/c23-16-8-5-15(6-9-16)7-10-19(26)24-20-17-3-1-2-4-18(17)29-21(20)22(27)25-11-13-28-14-12-25/h1-10H,11-14H2,(H,24,26)/b10-7+. The Bertz CT molecular complexity index is 1070. The molecule has 1 saturated heterocycles. The molecule has 0 radical (unpaired) electrons. The Morgan fingerprint density at radius 2 is 1.76 bits per heavy atom. The number of benzene rings is 2. The Kier molecular flexibility index (Phi) is 5.39. The molecule has 0 bridgehead atoms. The van der Waals surface area contributed by atoms with Gasteiger partial charge >= 0.3 is 0 Å². The summed E-state index contributed by atoms with van der Waals surface area (Å²) in [6.07, 6.45) is 2.90. The molecule has 1 aliphatic heterocycles. The lowest BCUT2D eigenvalue weighted by Gasteiger charge is -2.26. The Labute approximate surface area is 166 Å². The van der Waals surface area contributed by atoms with Gasteiger partial charge in [0.2, 0.25) is 11.7 Å². The molecule has 1 fully saturated rings. The van der Waals surface area contributed by atoms with Crippen molar-refractivity contribution in [1.82, 2.24) is 4.90 Å². The van der Waals surface area contributed by atoms with E-state index < -0.39 is 5.91 Å². The van der Waals surface area contributed by atoms with E-state index in [-0.39, 0.29) is 17.5 Å². The summed E-state index contributed by atoms with van der Waals surface area (Å²) in [5, 5.41) is 3.41. The number of para-hydroxylation sites is 1. The third kappa shape index (κ3) is 4.20. The number of anilines is 1. The van der Waals surface area contributed by atoms with Gasteiger partial charge in [-0.25, -0.2) is 4.39 Å². The molecule has 0 atom stereocenters. The van der Waals surface area contributed by atoms with Crippen molar-refractivity contribution in [3.05, 3.63) is 71.7 Å². The van der Waals surface area contributed by atoms with Crippen LogP contribution in [0.5, 0.6) is 0 Å². The summed E-state index contributed by atoms with van der Waals surface area (Å²) in [6, 6.07) is 12.9. The maximum absolute atomic E-state index is 13.0. The summed E-state index contributed by atoms with van der Waals surface area (Å²) in [5.41, 5.74) is 1.54. The van der Waals surface area contributed by atoms with Gasteiger partial charge in [0.25, 0.3) is 5.91 Å². The van der Waals surface area contributed by atoms with E-state index in [1.165, 1.54) is 18.2 Å². The van der Waals surface area contributed by atoms with Crippen LogP contribution >= 0.6 is 0 Å². The van der Waals surface area contributed by atoms with Crippen LogP contribution in [0.1, 0.15) is 16.1 Å². The second-order valence-corrected chi connectivity index (χ2v) is 6.58. The molecule has 2 heterocycles. The van der Waals surface area contributed by atoms with E-state index in [0.29, 0.717) is 48.5 Å². The van der Waals surface area contributed by atoms with E-state index in [0.717, 1.165) is 0 Å². The third-order valence-corrected chi connectivity index (χ3v) is 4.63. The van der Waals surface area contributed by atoms with Crippen LogP contribution in [0.2, 0.25) is 0 Å². The largest absolute Gasteiger partial charge is 0.449 e. The molecular weight excluding hydrogens is 375 g/mol. The smallest absolute Gasteiger partial charge is 0.291 e. The molecule has 29 heavy (non-hydrogen) atoms. The van der Waals surface area contributed by atoms with Gasteiger partial charge in [-0.05, 0) is 35.9 Å². The van der Waals surface area contributed by atoms with Crippen LogP contribution in [0.15, 0.2) is 59.0 Å². The summed E-state index contributed by atoms with van der Waals surface area (Å²) in [4.78, 5) is 27.1. The second kappa shape index (κ2) is 8.28. The number of hydrogen-bond acceptors (Lipinski definition) is 4. The lowest BCUT2D eigenvalue weighted by atomic mass is 10.2. The second-order valence-electron chi connectivity index (χ2n) is 6.58. The topological polar surface area (TPSA) is 71.8 Å². The normalized spacial score (nSPS) is 14.4. The van der Waals surface area contributed by atoms with Crippen molar-refractivity contribution in [3.8, 4) is 0 Å². The van der Waals surface area contributed by atoms with Crippen molar-refractivity contribution in [2.75, 3.05) is 31.6 Å². The molecule has 0 unspecified atom stereocenters. The Balaban J connectivity index is 1.60. The van der Waals surface area contributed by atoms with Gasteiger partial charge in [-0.2, -0.15) is 0 Å². The van der Waals surface area contributed by atoms with E-state index >= 15 is 0 Å². The zero-order valence-electron chi connectivity index (χ0n) is 15.6. The first-order valence-corrected chi connectivity index (χ1v) is 9.25. The number of halogens is 1. The maximum atomic E-state index is 13.0. The summed E-state index contributed by atoms with van der Waals surface area (Å²) in [7, 11) is 0. The van der Waals surface area contributed by atoms with Crippen LogP contribution in [-0.4, -0.2) is 43.0 Å². The molecule has 1 aromatic heterocycles. The van der Waals surface area contributed by atoms with Crippen LogP contribution in [-0.2, 0) is 9.53 Å². The fraction of sp³-hybridized carbons (Fsp3) is 0.182. The maximum Gasteiger partial charge on any atom is 0.291 e. The number of carbonyl (C=O) groups excluding carboxylic acids is 2. The molecule has 1 N–H and O–H groups in total. The molecule has 7 heteroatoms. The average molecular weight is 394 g/mol. The molecule has 0 saturated carbocycles. The van der Waals surface area contributed by atoms with E-state index in [9.17, 15) is 14.0 Å². The minimum Gasteiger partial charge on any atom is -0.449 e. The first-order chi connectivity index (χ1) is 14.1. The van der Waals surface area contributed by atoms with Crippen molar-refractivity contribution >= 4 is 34.5 Å². The molecule has 3 aromatic rings. The Hall–Kier alpha value is -3.45. The lowest BCUT2D eigenvalue weighted by Crippen LogP contribution is -2.40. The highest BCUT2D eigenvalue weighted by Crippen LogP contribution is 2.32. The monoisotopic (exact) mass is 394 g/mol. The number of furan rings is 1. The number of fused-ring (bicyclic) bond motifs is 1. The van der Waals surface area contributed by atoms with Gasteiger partial charge in [0.05, 0.1) is 13.2 Å². The van der Waals surface area contributed by atoms with Crippen molar-refractivity contribution in [1.29, 1.82) is 0 Å². The molecule has 0 aliphatic carbocycles. The fourth-order valence-electron chi connectivity index (χ4n) is 3.14. The Morgan fingerprint density at radius 3 is 2.52 bits per heavy atom. The zero-order chi connectivity index (χ0) is 20.2. The minimum absolute atomic E-state index is 0.0941. The number of nitrogens with one attached hydrogen (secondary N) is 1. The van der Waals surface area contributed by atoms with E-state index in [1.54, 1.807) is 41.3 Å². The number of rotatable bonds is 4. The summed E-state index contributed by atoms with van der Waals surface area (Å²) < 4.78 is 24.1. The predicted molar refractivity (Wildman–Crippen MR) is 107 cm³/mol. The van der Waals surface area contributed by atoms with E-state index in [1.807, 2.05) is 6.07 Å². The molecule has 0 spiro atoms. The lowest BCUT2D eigenvalue weighted by molar-refractivity contribution is -0.111. The van der Waals surface area contributed by atoms with Gasteiger partial charge < -0.3 is 19.4 Å². The van der Waals surface area contributed by atoms with Crippen molar-refractivity contribution in [2.24, 2.45) is 0 Å². The zero-order valence-corrected chi connectivity index (χ0v) is 15.6. The number of carbonyl (C=O) groups is 2. The molecule has 2 amide bonds. The van der Waals surface area contributed by atoms with Crippen LogP contribution in [0.25, 0.3) is 17.0 Å². The fourth-order valence-corrected chi connectivity index (χ4v) is 3.14. The van der Waals surface area contributed by atoms with Gasteiger partial charge in [-0.1, -0.05) is 24.3 Å². The van der Waals surface area contributed by atoms with Gasteiger partial charge in [-0.3, -0.25) is 9.59 Å². The van der Waals surface area contributed by atoms with Crippen LogP contribution in [0.4, 0.5) is 10.1 Å². The van der Waals surface area contributed by atoms with Crippen molar-refractivity contribution in [2.45, 2.75) is 0 Å². The first-order valence-electron chi connectivity index (χ1n) is 9.25. The number of ether oxygens (including phenoxy) is 1. The van der Waals surface area contributed by atoms with Crippen LogP contribution in [0, 0.1) is 5.82 Å². The van der Waals surface area contributed by atoms with E-state index in [4.69, 9.17) is 9.15 Å². The highest BCUT2D eigenvalue weighted by Gasteiger charge is 2.27. The van der Waals surface area contributed by atoms with Gasteiger partial charge in [0.15, 0.2) is 0 Å². The highest BCUT2D eigenvalue weighted by atomic mass is 19.1. The van der Waals surface area contributed by atoms with E-state index in [2.05, 4.69) is 5.32 Å². The van der Waals surface area contributed by atoms with Crippen LogP contribution < -0.4 is 5.32 Å². The molecule has 4 rings (SSSR count). The Morgan fingerprint density at radius 1 is 1.03 bits per heavy atom. The molecule has 148 valence electrons. The van der Waals surface area contributed by atoms with Crippen molar-refractivity contribution in [3.63, 3.8) is 0 Å². The molecule has 2 aromatic carbocycles. The quantitative estimate of drug-likeness (QED) is 0.685. The average Bonchev–Trinajstić information content (AvgIpc) is 3.12. The van der Waals surface area contributed by atoms with Crippen molar-refractivity contribution < 1.29 is 23.1 Å². The minimum atomic E-state index is -0.420. The van der Waals surface area contributed by atoms with Crippen LogP contribution in [0.3, 0.4) is 0 Å². The SMILES string of the molecule is O=C(/C=C/c1ccc(F)cc1)Nc1c(C(=O)N2CCOCC2)oc2ccccc12. The predicted octanol–water partition coefficient (Wildman–Crippen LogP) is 3.70. The number of amides is 2.